The minimum atomic E-state index is -4.24. The highest BCUT2D eigenvalue weighted by Gasteiger charge is 2.27. The molecule has 0 spiro atoms. The summed E-state index contributed by atoms with van der Waals surface area (Å²) in [5, 5.41) is 3.12. The normalized spacial score (nSPS) is 11.5. The summed E-state index contributed by atoms with van der Waals surface area (Å²) in [5.74, 6) is 0.761. The quantitative estimate of drug-likeness (QED) is 0.712. The lowest BCUT2D eigenvalue weighted by Crippen LogP contribution is -2.19. The number of halogens is 3. The van der Waals surface area contributed by atoms with Crippen LogP contribution in [0.25, 0.3) is 0 Å². The van der Waals surface area contributed by atoms with Crippen LogP contribution in [-0.2, 0) is 11.3 Å². The van der Waals surface area contributed by atoms with Gasteiger partial charge in [-0.2, -0.15) is 13.2 Å². The Kier molecular flexibility index (Phi) is 7.31. The standard InChI is InChI=1S/C14H20F3NO3/c1-19-9-7-18-10-11-4-3-5-12(20-2)13(11)21-8-6-14(15,16)17/h3-5,18H,6-10H2,1-2H3. The van der Waals surface area contributed by atoms with E-state index in [0.29, 0.717) is 31.2 Å². The summed E-state index contributed by atoms with van der Waals surface area (Å²) in [5.41, 5.74) is 0.743. The maximum atomic E-state index is 12.2. The van der Waals surface area contributed by atoms with Gasteiger partial charge in [-0.25, -0.2) is 0 Å². The minimum Gasteiger partial charge on any atom is -0.493 e. The molecular weight excluding hydrogens is 287 g/mol. The first-order valence-electron chi connectivity index (χ1n) is 6.53. The van der Waals surface area contributed by atoms with E-state index in [1.54, 1.807) is 25.3 Å². The molecule has 0 bridgehead atoms. The number of methoxy groups -OCH3 is 2. The second-order valence-corrected chi connectivity index (χ2v) is 4.33. The molecule has 4 nitrogen and oxygen atoms in total. The summed E-state index contributed by atoms with van der Waals surface area (Å²) >= 11 is 0. The van der Waals surface area contributed by atoms with Crippen molar-refractivity contribution in [2.75, 3.05) is 34.0 Å². The molecule has 1 aromatic carbocycles. The van der Waals surface area contributed by atoms with Crippen molar-refractivity contribution < 1.29 is 27.4 Å². The Morgan fingerprint density at radius 3 is 2.52 bits per heavy atom. The summed E-state index contributed by atoms with van der Waals surface area (Å²) in [6, 6.07) is 5.20. The Morgan fingerprint density at radius 1 is 1.14 bits per heavy atom. The van der Waals surface area contributed by atoms with Crippen LogP contribution in [-0.4, -0.2) is 40.2 Å². The molecule has 0 atom stereocenters. The number of hydrogen-bond acceptors (Lipinski definition) is 4. The van der Waals surface area contributed by atoms with Crippen LogP contribution >= 0.6 is 0 Å². The van der Waals surface area contributed by atoms with Crippen molar-refractivity contribution in [3.8, 4) is 11.5 Å². The minimum absolute atomic E-state index is 0.342. The van der Waals surface area contributed by atoms with Gasteiger partial charge < -0.3 is 19.5 Å². The number of nitrogens with one attached hydrogen (secondary N) is 1. The third kappa shape index (κ3) is 6.68. The number of benzene rings is 1. The van der Waals surface area contributed by atoms with Gasteiger partial charge in [0, 0.05) is 25.8 Å². The molecule has 7 heteroatoms. The zero-order valence-electron chi connectivity index (χ0n) is 12.1. The first kappa shape index (κ1) is 17.6. The number of hydrogen-bond donors (Lipinski definition) is 1. The lowest BCUT2D eigenvalue weighted by molar-refractivity contribution is -0.139. The average Bonchev–Trinajstić information content (AvgIpc) is 2.43. The molecule has 0 radical (unpaired) electrons. The number of rotatable bonds is 9. The van der Waals surface area contributed by atoms with Gasteiger partial charge in [-0.3, -0.25) is 0 Å². The lowest BCUT2D eigenvalue weighted by atomic mass is 10.2. The molecule has 0 amide bonds. The van der Waals surface area contributed by atoms with Crippen molar-refractivity contribution >= 4 is 0 Å². The van der Waals surface area contributed by atoms with Crippen LogP contribution in [0.4, 0.5) is 13.2 Å². The molecule has 0 fully saturated rings. The Bertz CT molecular complexity index is 424. The van der Waals surface area contributed by atoms with Crippen molar-refractivity contribution in [1.29, 1.82) is 0 Å². The highest BCUT2D eigenvalue weighted by atomic mass is 19.4. The summed E-state index contributed by atoms with van der Waals surface area (Å²) in [4.78, 5) is 0. The van der Waals surface area contributed by atoms with Crippen molar-refractivity contribution in [3.05, 3.63) is 23.8 Å². The SMILES string of the molecule is COCCNCc1cccc(OC)c1OCCC(F)(F)F. The van der Waals surface area contributed by atoms with Crippen molar-refractivity contribution in [2.24, 2.45) is 0 Å². The van der Waals surface area contributed by atoms with Crippen LogP contribution in [0, 0.1) is 0 Å². The zero-order chi connectivity index (χ0) is 15.7. The third-order valence-electron chi connectivity index (χ3n) is 2.71. The summed E-state index contributed by atoms with van der Waals surface area (Å²) in [6.07, 6.45) is -5.24. The molecular formula is C14H20F3NO3. The van der Waals surface area contributed by atoms with Crippen LogP contribution in [0.2, 0.25) is 0 Å². The fraction of sp³-hybridized carbons (Fsp3) is 0.571. The van der Waals surface area contributed by atoms with Gasteiger partial charge in [-0.15, -0.1) is 0 Å². The topological polar surface area (TPSA) is 39.7 Å². The summed E-state index contributed by atoms with van der Waals surface area (Å²) < 4.78 is 51.9. The van der Waals surface area contributed by atoms with Crippen molar-refractivity contribution in [3.63, 3.8) is 0 Å². The molecule has 0 heterocycles. The molecule has 21 heavy (non-hydrogen) atoms. The zero-order valence-corrected chi connectivity index (χ0v) is 12.1. The average molecular weight is 307 g/mol. The summed E-state index contributed by atoms with van der Waals surface area (Å²) in [6.45, 7) is 1.21. The van der Waals surface area contributed by atoms with E-state index in [1.165, 1.54) is 7.11 Å². The largest absolute Gasteiger partial charge is 0.493 e. The van der Waals surface area contributed by atoms with Crippen molar-refractivity contribution in [1.82, 2.24) is 5.32 Å². The van der Waals surface area contributed by atoms with Gasteiger partial charge in [0.05, 0.1) is 26.7 Å². The van der Waals surface area contributed by atoms with Gasteiger partial charge in [-0.1, -0.05) is 12.1 Å². The third-order valence-corrected chi connectivity index (χ3v) is 2.71. The molecule has 0 saturated heterocycles. The van der Waals surface area contributed by atoms with E-state index in [1.807, 2.05) is 0 Å². The Labute approximate surface area is 122 Å². The number of alkyl halides is 3. The second kappa shape index (κ2) is 8.74. The molecule has 0 aliphatic carbocycles. The fourth-order valence-corrected chi connectivity index (χ4v) is 1.69. The first-order chi connectivity index (χ1) is 9.98. The van der Waals surface area contributed by atoms with Crippen LogP contribution < -0.4 is 14.8 Å². The molecule has 0 aliphatic heterocycles. The van der Waals surface area contributed by atoms with Crippen LogP contribution in [0.1, 0.15) is 12.0 Å². The number of ether oxygens (including phenoxy) is 3. The van der Waals surface area contributed by atoms with Gasteiger partial charge in [0.25, 0.3) is 0 Å². The van der Waals surface area contributed by atoms with Gasteiger partial charge in [-0.05, 0) is 6.07 Å². The summed E-state index contributed by atoms with van der Waals surface area (Å²) in [7, 11) is 3.05. The molecule has 0 unspecified atom stereocenters. The van der Waals surface area contributed by atoms with E-state index < -0.39 is 19.2 Å². The first-order valence-corrected chi connectivity index (χ1v) is 6.53. The molecule has 0 saturated carbocycles. The van der Waals surface area contributed by atoms with E-state index in [2.05, 4.69) is 5.32 Å². The molecule has 1 rings (SSSR count). The highest BCUT2D eigenvalue weighted by molar-refractivity contribution is 5.46. The molecule has 0 aromatic heterocycles. The van der Waals surface area contributed by atoms with Gasteiger partial charge in [0.1, 0.15) is 0 Å². The molecule has 120 valence electrons. The van der Waals surface area contributed by atoms with Crippen molar-refractivity contribution in [2.45, 2.75) is 19.1 Å². The van der Waals surface area contributed by atoms with Crippen LogP contribution in [0.15, 0.2) is 18.2 Å². The van der Waals surface area contributed by atoms with E-state index in [0.717, 1.165) is 5.56 Å². The Balaban J connectivity index is 2.68. The van der Waals surface area contributed by atoms with E-state index in [-0.39, 0.29) is 0 Å². The fourth-order valence-electron chi connectivity index (χ4n) is 1.69. The molecule has 1 N–H and O–H groups in total. The Hall–Kier alpha value is -1.47. The second-order valence-electron chi connectivity index (χ2n) is 4.33. The molecule has 1 aromatic rings. The van der Waals surface area contributed by atoms with Gasteiger partial charge in [0.15, 0.2) is 11.5 Å². The van der Waals surface area contributed by atoms with Gasteiger partial charge in [0.2, 0.25) is 0 Å². The van der Waals surface area contributed by atoms with Crippen LogP contribution in [0.5, 0.6) is 11.5 Å². The van der Waals surface area contributed by atoms with Crippen LogP contribution in [0.3, 0.4) is 0 Å². The molecule has 0 aliphatic rings. The highest BCUT2D eigenvalue weighted by Crippen LogP contribution is 2.32. The van der Waals surface area contributed by atoms with E-state index in [4.69, 9.17) is 14.2 Å². The lowest BCUT2D eigenvalue weighted by Gasteiger charge is -2.16. The predicted molar refractivity (Wildman–Crippen MR) is 72.7 cm³/mol. The maximum Gasteiger partial charge on any atom is 0.392 e. The van der Waals surface area contributed by atoms with E-state index in [9.17, 15) is 13.2 Å². The smallest absolute Gasteiger partial charge is 0.392 e. The van der Waals surface area contributed by atoms with Gasteiger partial charge >= 0.3 is 6.18 Å². The predicted octanol–water partition coefficient (Wildman–Crippen LogP) is 2.76. The maximum absolute atomic E-state index is 12.2. The monoisotopic (exact) mass is 307 g/mol. The Morgan fingerprint density at radius 2 is 1.90 bits per heavy atom. The van der Waals surface area contributed by atoms with E-state index >= 15 is 0 Å². The number of para-hydroxylation sites is 1.